The van der Waals surface area contributed by atoms with Crippen molar-refractivity contribution >= 4 is 11.0 Å². The highest BCUT2D eigenvalue weighted by Crippen LogP contribution is 2.27. The van der Waals surface area contributed by atoms with Crippen LogP contribution < -0.4 is 0 Å². The van der Waals surface area contributed by atoms with Crippen molar-refractivity contribution in [3.8, 4) is 5.69 Å². The molecule has 1 heterocycles. The van der Waals surface area contributed by atoms with Gasteiger partial charge in [-0.05, 0) is 42.7 Å². The van der Waals surface area contributed by atoms with Gasteiger partial charge in [0.25, 0.3) is 0 Å². The van der Waals surface area contributed by atoms with Crippen molar-refractivity contribution in [2.45, 2.75) is 33.8 Å². The summed E-state index contributed by atoms with van der Waals surface area (Å²) in [6, 6.07) is 12.3. The fourth-order valence-electron chi connectivity index (χ4n) is 2.92. The fourth-order valence-corrected chi connectivity index (χ4v) is 2.92. The molecule has 108 valence electrons. The summed E-state index contributed by atoms with van der Waals surface area (Å²) in [5.41, 5.74) is 6.58. The van der Waals surface area contributed by atoms with Crippen LogP contribution in [0.15, 0.2) is 36.4 Å². The quantitative estimate of drug-likeness (QED) is 0.794. The van der Waals surface area contributed by atoms with Crippen LogP contribution in [0, 0.1) is 13.8 Å². The minimum atomic E-state index is 0.0622. The van der Waals surface area contributed by atoms with Gasteiger partial charge in [0.15, 0.2) is 0 Å². The van der Waals surface area contributed by atoms with E-state index in [9.17, 15) is 5.11 Å². The largest absolute Gasteiger partial charge is 0.392 e. The predicted octanol–water partition coefficient (Wildman–Crippen LogP) is 3.70. The summed E-state index contributed by atoms with van der Waals surface area (Å²) in [4.78, 5) is 4.77. The molecule has 1 aromatic heterocycles. The van der Waals surface area contributed by atoms with E-state index in [1.165, 1.54) is 5.56 Å². The fraction of sp³-hybridized carbons (Fsp3) is 0.278. The summed E-state index contributed by atoms with van der Waals surface area (Å²) in [5, 5.41) is 9.51. The number of imidazole rings is 1. The summed E-state index contributed by atoms with van der Waals surface area (Å²) in [6.07, 6.45) is 0.872. The number of aliphatic hydroxyl groups excluding tert-OH is 1. The lowest BCUT2D eigenvalue weighted by atomic mass is 10.1. The number of fused-ring (bicyclic) bond motifs is 1. The van der Waals surface area contributed by atoms with Crippen LogP contribution >= 0.6 is 0 Å². The molecule has 3 rings (SSSR count). The molecule has 0 saturated heterocycles. The molecule has 0 atom stereocenters. The number of hydrogen-bond donors (Lipinski definition) is 1. The highest BCUT2D eigenvalue weighted by molar-refractivity contribution is 5.82. The lowest BCUT2D eigenvalue weighted by Crippen LogP contribution is -2.05. The molecule has 3 nitrogen and oxygen atoms in total. The Morgan fingerprint density at radius 2 is 1.86 bits per heavy atom. The highest BCUT2D eigenvalue weighted by Gasteiger charge is 2.15. The number of aryl methyl sites for hydroxylation is 2. The molecule has 0 bridgehead atoms. The molecule has 0 fully saturated rings. The monoisotopic (exact) mass is 280 g/mol. The van der Waals surface area contributed by atoms with Crippen LogP contribution in [0.1, 0.15) is 29.4 Å². The summed E-state index contributed by atoms with van der Waals surface area (Å²) < 4.78 is 2.24. The van der Waals surface area contributed by atoms with E-state index in [1.54, 1.807) is 0 Å². The first-order valence-electron chi connectivity index (χ1n) is 7.34. The number of rotatable bonds is 3. The van der Waals surface area contributed by atoms with E-state index in [2.05, 4.69) is 43.5 Å². The smallest absolute Gasteiger partial charge is 0.114 e. The van der Waals surface area contributed by atoms with Gasteiger partial charge in [0.1, 0.15) is 5.82 Å². The minimum Gasteiger partial charge on any atom is -0.392 e. The van der Waals surface area contributed by atoms with Crippen LogP contribution in [0.5, 0.6) is 0 Å². The molecule has 3 aromatic rings. The maximum atomic E-state index is 9.51. The van der Waals surface area contributed by atoms with E-state index in [-0.39, 0.29) is 6.61 Å². The number of nitrogens with zero attached hydrogens (tertiary/aromatic N) is 2. The van der Waals surface area contributed by atoms with E-state index in [0.29, 0.717) is 0 Å². The predicted molar refractivity (Wildman–Crippen MR) is 85.8 cm³/mol. The van der Waals surface area contributed by atoms with Crippen LogP contribution in [0.3, 0.4) is 0 Å². The van der Waals surface area contributed by atoms with Gasteiger partial charge >= 0.3 is 0 Å². The van der Waals surface area contributed by atoms with Crippen LogP contribution in [-0.2, 0) is 13.0 Å². The first-order chi connectivity index (χ1) is 10.2. The number of para-hydroxylation sites is 1. The Morgan fingerprint density at radius 3 is 2.57 bits per heavy atom. The van der Waals surface area contributed by atoms with Gasteiger partial charge in [-0.3, -0.25) is 4.57 Å². The summed E-state index contributed by atoms with van der Waals surface area (Å²) >= 11 is 0. The third-order valence-corrected chi connectivity index (χ3v) is 4.09. The topological polar surface area (TPSA) is 38.0 Å². The SMILES string of the molecule is CCc1nc2cccc(C)c2n1-c1cccc(CO)c1C. The number of aliphatic hydroxyl groups is 1. The van der Waals surface area contributed by atoms with E-state index < -0.39 is 0 Å². The lowest BCUT2D eigenvalue weighted by Gasteiger charge is -2.15. The molecule has 0 aliphatic heterocycles. The first kappa shape index (κ1) is 13.8. The molecular weight excluding hydrogens is 260 g/mol. The van der Waals surface area contributed by atoms with Gasteiger partial charge in [0.2, 0.25) is 0 Å². The van der Waals surface area contributed by atoms with Gasteiger partial charge in [-0.15, -0.1) is 0 Å². The zero-order valence-corrected chi connectivity index (χ0v) is 12.7. The van der Waals surface area contributed by atoms with Gasteiger partial charge in [-0.1, -0.05) is 31.2 Å². The third kappa shape index (κ3) is 2.14. The van der Waals surface area contributed by atoms with Crippen molar-refractivity contribution in [3.05, 3.63) is 58.9 Å². The van der Waals surface area contributed by atoms with Gasteiger partial charge < -0.3 is 5.11 Å². The average Bonchev–Trinajstić information content (AvgIpc) is 2.87. The standard InChI is InChI=1S/C18H20N2O/c1-4-17-19-15-9-5-7-12(2)18(15)20(17)16-10-6-8-14(11-21)13(16)3/h5-10,21H,4,11H2,1-3H3. The van der Waals surface area contributed by atoms with Gasteiger partial charge in [-0.2, -0.15) is 0 Å². The molecule has 0 spiro atoms. The van der Waals surface area contributed by atoms with Crippen LogP contribution in [0.25, 0.3) is 16.7 Å². The number of aromatic nitrogens is 2. The van der Waals surface area contributed by atoms with Crippen molar-refractivity contribution in [2.75, 3.05) is 0 Å². The zero-order chi connectivity index (χ0) is 15.0. The lowest BCUT2D eigenvalue weighted by molar-refractivity contribution is 0.281. The maximum Gasteiger partial charge on any atom is 0.114 e. The second-order valence-electron chi connectivity index (χ2n) is 5.38. The van der Waals surface area contributed by atoms with Gasteiger partial charge in [0.05, 0.1) is 23.3 Å². The molecule has 0 radical (unpaired) electrons. The minimum absolute atomic E-state index is 0.0622. The highest BCUT2D eigenvalue weighted by atomic mass is 16.3. The molecule has 0 saturated carbocycles. The Morgan fingerprint density at radius 1 is 1.10 bits per heavy atom. The van der Waals surface area contributed by atoms with Crippen molar-refractivity contribution in [1.29, 1.82) is 0 Å². The molecule has 1 N–H and O–H groups in total. The number of benzene rings is 2. The molecule has 0 amide bonds. The second kappa shape index (κ2) is 5.34. The van der Waals surface area contributed by atoms with Crippen LogP contribution in [-0.4, -0.2) is 14.7 Å². The van der Waals surface area contributed by atoms with Crippen LogP contribution in [0.2, 0.25) is 0 Å². The first-order valence-corrected chi connectivity index (χ1v) is 7.34. The van der Waals surface area contributed by atoms with E-state index in [0.717, 1.165) is 40.1 Å². The molecule has 0 unspecified atom stereocenters. The van der Waals surface area contributed by atoms with Crippen molar-refractivity contribution < 1.29 is 5.11 Å². The van der Waals surface area contributed by atoms with E-state index in [4.69, 9.17) is 4.98 Å². The third-order valence-electron chi connectivity index (χ3n) is 4.09. The van der Waals surface area contributed by atoms with E-state index >= 15 is 0 Å². The maximum absolute atomic E-state index is 9.51. The Hall–Kier alpha value is -2.13. The number of hydrogen-bond acceptors (Lipinski definition) is 2. The van der Waals surface area contributed by atoms with Crippen molar-refractivity contribution in [2.24, 2.45) is 0 Å². The zero-order valence-electron chi connectivity index (χ0n) is 12.7. The average molecular weight is 280 g/mol. The molecule has 3 heteroatoms. The molecule has 21 heavy (non-hydrogen) atoms. The second-order valence-corrected chi connectivity index (χ2v) is 5.38. The molecular formula is C18H20N2O. The van der Waals surface area contributed by atoms with Crippen LogP contribution in [0.4, 0.5) is 0 Å². The Kier molecular flexibility index (Phi) is 3.52. The summed E-state index contributed by atoms with van der Waals surface area (Å²) in [6.45, 7) is 6.36. The normalized spacial score (nSPS) is 11.2. The van der Waals surface area contributed by atoms with E-state index in [1.807, 2.05) is 18.2 Å². The Bertz CT molecular complexity index is 802. The Labute approximate surface area is 124 Å². The molecule has 0 aliphatic rings. The summed E-state index contributed by atoms with van der Waals surface area (Å²) in [5.74, 6) is 1.05. The summed E-state index contributed by atoms with van der Waals surface area (Å²) in [7, 11) is 0. The molecule has 0 aliphatic carbocycles. The van der Waals surface area contributed by atoms with Gasteiger partial charge in [0, 0.05) is 6.42 Å². The Balaban J connectivity index is 2.39. The van der Waals surface area contributed by atoms with Gasteiger partial charge in [-0.25, -0.2) is 4.98 Å². The van der Waals surface area contributed by atoms with Crippen molar-refractivity contribution in [3.63, 3.8) is 0 Å². The van der Waals surface area contributed by atoms with Crippen molar-refractivity contribution in [1.82, 2.24) is 9.55 Å². The molecule has 2 aromatic carbocycles.